The Morgan fingerprint density at radius 3 is 2.66 bits per heavy atom. The highest BCUT2D eigenvalue weighted by molar-refractivity contribution is 5.44. The van der Waals surface area contributed by atoms with E-state index >= 15 is 0 Å². The number of nitrogens with zero attached hydrogens (tertiary/aromatic N) is 1. The van der Waals surface area contributed by atoms with E-state index in [-0.39, 0.29) is 5.60 Å². The molecule has 0 spiro atoms. The minimum atomic E-state index is -0.0581. The van der Waals surface area contributed by atoms with Crippen molar-refractivity contribution in [1.82, 2.24) is 4.98 Å². The second kappa shape index (κ2) is 6.48. The molecule has 1 aromatic carbocycles. The zero-order valence-electron chi connectivity index (χ0n) is 18.2. The Morgan fingerprint density at radius 1 is 1.00 bits per heavy atom. The Morgan fingerprint density at radius 2 is 1.86 bits per heavy atom. The molecule has 3 nitrogen and oxygen atoms in total. The molecule has 0 unspecified atom stereocenters. The van der Waals surface area contributed by atoms with Crippen LogP contribution >= 0.6 is 0 Å². The summed E-state index contributed by atoms with van der Waals surface area (Å²) in [6.45, 7) is 9.92. The van der Waals surface area contributed by atoms with Gasteiger partial charge in [-0.3, -0.25) is 4.98 Å². The summed E-state index contributed by atoms with van der Waals surface area (Å²) in [6, 6.07) is 10.1. The van der Waals surface area contributed by atoms with Gasteiger partial charge in [-0.1, -0.05) is 27.2 Å². The number of hydrogen-bond acceptors (Lipinski definition) is 3. The summed E-state index contributed by atoms with van der Waals surface area (Å²) in [6.07, 6.45) is 11.1. The molecule has 1 aromatic heterocycles. The molecular weight excluding hydrogens is 358 g/mol. The van der Waals surface area contributed by atoms with Crippen LogP contribution in [0, 0.1) is 22.7 Å². The third-order valence-corrected chi connectivity index (χ3v) is 8.41. The third-order valence-electron chi connectivity index (χ3n) is 8.41. The van der Waals surface area contributed by atoms with E-state index in [1.54, 1.807) is 12.4 Å². The number of benzene rings is 1. The van der Waals surface area contributed by atoms with Gasteiger partial charge in [-0.25, -0.2) is 0 Å². The second-order valence-electron chi connectivity index (χ2n) is 10.7. The molecule has 3 heteroatoms. The van der Waals surface area contributed by atoms with Crippen molar-refractivity contribution in [3.8, 4) is 17.2 Å². The highest BCUT2D eigenvalue weighted by atomic mass is 16.5. The Kier molecular flexibility index (Phi) is 4.24. The summed E-state index contributed by atoms with van der Waals surface area (Å²) in [4.78, 5) is 4.15. The fourth-order valence-corrected chi connectivity index (χ4v) is 7.07. The van der Waals surface area contributed by atoms with Gasteiger partial charge in [0.1, 0.15) is 22.8 Å². The molecule has 0 saturated heterocycles. The number of fused-ring (bicyclic) bond motifs is 4. The maximum Gasteiger partial charge on any atom is 0.145 e. The van der Waals surface area contributed by atoms with Gasteiger partial charge < -0.3 is 9.47 Å². The maximum absolute atomic E-state index is 6.74. The quantitative estimate of drug-likeness (QED) is 0.563. The minimum Gasteiger partial charge on any atom is -0.487 e. The van der Waals surface area contributed by atoms with Crippen molar-refractivity contribution < 1.29 is 9.47 Å². The van der Waals surface area contributed by atoms with Crippen molar-refractivity contribution in [3.63, 3.8) is 0 Å². The molecular formula is C26H33NO2. The van der Waals surface area contributed by atoms with Crippen molar-refractivity contribution >= 4 is 0 Å². The molecule has 2 saturated carbocycles. The monoisotopic (exact) mass is 391 g/mol. The van der Waals surface area contributed by atoms with E-state index < -0.39 is 0 Å². The van der Waals surface area contributed by atoms with Crippen LogP contribution < -0.4 is 9.47 Å². The van der Waals surface area contributed by atoms with Crippen molar-refractivity contribution in [2.75, 3.05) is 0 Å². The predicted molar refractivity (Wildman–Crippen MR) is 115 cm³/mol. The Bertz CT molecular complexity index is 908. The van der Waals surface area contributed by atoms with Crippen LogP contribution in [0.2, 0.25) is 0 Å². The molecule has 3 aliphatic rings. The number of pyridine rings is 1. The first kappa shape index (κ1) is 19.0. The smallest absolute Gasteiger partial charge is 0.145 e. The molecule has 1 aliphatic heterocycles. The van der Waals surface area contributed by atoms with Crippen LogP contribution in [0.5, 0.6) is 17.2 Å². The summed E-state index contributed by atoms with van der Waals surface area (Å²) < 4.78 is 12.8. The van der Waals surface area contributed by atoms with Gasteiger partial charge in [0.15, 0.2) is 0 Å². The zero-order valence-corrected chi connectivity index (χ0v) is 18.2. The van der Waals surface area contributed by atoms with Crippen LogP contribution in [0.4, 0.5) is 0 Å². The molecule has 2 heterocycles. The summed E-state index contributed by atoms with van der Waals surface area (Å²) >= 11 is 0. The van der Waals surface area contributed by atoms with Crippen molar-refractivity contribution in [1.29, 1.82) is 0 Å². The fourth-order valence-electron chi connectivity index (χ4n) is 7.07. The number of ether oxygens (including phenoxy) is 2. The Labute approximate surface area is 174 Å². The second-order valence-corrected chi connectivity index (χ2v) is 10.7. The van der Waals surface area contributed by atoms with Crippen molar-refractivity contribution in [2.45, 2.75) is 71.8 Å². The maximum atomic E-state index is 6.74. The van der Waals surface area contributed by atoms with Crippen molar-refractivity contribution in [3.05, 3.63) is 48.3 Å². The first-order chi connectivity index (χ1) is 13.8. The molecule has 29 heavy (non-hydrogen) atoms. The van der Waals surface area contributed by atoms with Crippen LogP contribution in [-0.2, 0) is 6.42 Å². The van der Waals surface area contributed by atoms with E-state index in [1.807, 2.05) is 18.2 Å². The van der Waals surface area contributed by atoms with E-state index in [2.05, 4.69) is 44.8 Å². The zero-order chi connectivity index (χ0) is 20.3. The molecule has 4 atom stereocenters. The lowest BCUT2D eigenvalue weighted by Crippen LogP contribution is -2.61. The van der Waals surface area contributed by atoms with Crippen LogP contribution in [-0.4, -0.2) is 10.6 Å². The molecule has 2 aliphatic carbocycles. The van der Waals surface area contributed by atoms with E-state index in [1.165, 1.54) is 31.2 Å². The normalized spacial score (nSPS) is 34.9. The number of aromatic nitrogens is 1. The van der Waals surface area contributed by atoms with Crippen molar-refractivity contribution in [2.24, 2.45) is 22.7 Å². The first-order valence-electron chi connectivity index (χ1n) is 11.2. The predicted octanol–water partition coefficient (Wildman–Crippen LogP) is 6.81. The van der Waals surface area contributed by atoms with Gasteiger partial charge in [0.05, 0.1) is 6.20 Å². The summed E-state index contributed by atoms with van der Waals surface area (Å²) in [5.74, 6) is 4.01. The lowest BCUT2D eigenvalue weighted by atomic mass is 9.44. The topological polar surface area (TPSA) is 31.4 Å². The molecule has 2 aromatic rings. The molecule has 154 valence electrons. The summed E-state index contributed by atoms with van der Waals surface area (Å²) in [7, 11) is 0. The average Bonchev–Trinajstić information content (AvgIpc) is 2.67. The van der Waals surface area contributed by atoms with Crippen LogP contribution in [0.3, 0.4) is 0 Å². The van der Waals surface area contributed by atoms with Gasteiger partial charge in [0.25, 0.3) is 0 Å². The number of rotatable bonds is 2. The van der Waals surface area contributed by atoms with Crippen LogP contribution in [0.25, 0.3) is 0 Å². The van der Waals surface area contributed by atoms with E-state index in [0.717, 1.165) is 36.0 Å². The van der Waals surface area contributed by atoms with Gasteiger partial charge in [0.2, 0.25) is 0 Å². The summed E-state index contributed by atoms with van der Waals surface area (Å²) in [5, 5.41) is 0. The molecule has 0 amide bonds. The molecule has 2 fully saturated rings. The van der Waals surface area contributed by atoms with E-state index in [9.17, 15) is 0 Å². The van der Waals surface area contributed by atoms with Gasteiger partial charge >= 0.3 is 0 Å². The molecule has 0 bridgehead atoms. The highest BCUT2D eigenvalue weighted by Crippen LogP contribution is 2.64. The SMILES string of the molecule is CC1(C)CCC[C@]2(C)[C@H]3Cc4cc(Oc5cccnc5)ccc4O[C@]3(C)CC[C@@H]12. The van der Waals surface area contributed by atoms with Gasteiger partial charge in [-0.15, -0.1) is 0 Å². The highest BCUT2D eigenvalue weighted by Gasteiger charge is 2.60. The number of hydrogen-bond donors (Lipinski definition) is 0. The molecule has 0 N–H and O–H groups in total. The molecule has 0 radical (unpaired) electrons. The van der Waals surface area contributed by atoms with Crippen LogP contribution in [0.1, 0.15) is 65.4 Å². The average molecular weight is 392 g/mol. The van der Waals surface area contributed by atoms with E-state index in [4.69, 9.17) is 9.47 Å². The lowest BCUT2D eigenvalue weighted by Gasteiger charge is -2.63. The largest absolute Gasteiger partial charge is 0.487 e. The van der Waals surface area contributed by atoms with Crippen LogP contribution in [0.15, 0.2) is 42.7 Å². The van der Waals surface area contributed by atoms with Gasteiger partial charge in [0, 0.05) is 12.1 Å². The summed E-state index contributed by atoms with van der Waals surface area (Å²) in [5.41, 5.74) is 2.00. The first-order valence-corrected chi connectivity index (χ1v) is 11.2. The van der Waals surface area contributed by atoms with Gasteiger partial charge in [-0.05, 0) is 91.7 Å². The fraction of sp³-hybridized carbons (Fsp3) is 0.577. The van der Waals surface area contributed by atoms with Gasteiger partial charge in [-0.2, -0.15) is 0 Å². The standard InChI is InChI=1S/C26H33NO2/c1-24(2)11-6-12-25(3)22(24)10-13-26(4)23(25)16-18-15-19(8-9-21(18)29-26)28-20-7-5-14-27-17-20/h5,7-9,14-15,17,22-23H,6,10-13,16H2,1-4H3/t22-,23+,25-,26+/m0/s1. The molecule has 5 rings (SSSR count). The minimum absolute atomic E-state index is 0.0581. The Hall–Kier alpha value is -2.03. The Balaban J connectivity index is 1.48. The third kappa shape index (κ3) is 3.05. The van der Waals surface area contributed by atoms with E-state index in [0.29, 0.717) is 16.7 Å². The lowest BCUT2D eigenvalue weighted by molar-refractivity contribution is -0.162.